The molecule has 4 nitrogen and oxygen atoms in total. The first-order valence-electron chi connectivity index (χ1n) is 12.5. The maximum atomic E-state index is 13.4. The Morgan fingerprint density at radius 3 is 2.43 bits per heavy atom. The summed E-state index contributed by atoms with van der Waals surface area (Å²) in [4.78, 5) is 17.9. The van der Waals surface area contributed by atoms with Gasteiger partial charge in [-0.2, -0.15) is 13.2 Å². The van der Waals surface area contributed by atoms with Crippen molar-refractivity contribution in [2.75, 3.05) is 31.1 Å². The van der Waals surface area contributed by atoms with E-state index < -0.39 is 17.7 Å². The second-order valence-corrected chi connectivity index (χ2v) is 9.79. The Morgan fingerprint density at radius 2 is 1.70 bits per heavy atom. The molecular formula is C29H29F4N3O. The predicted octanol–water partition coefficient (Wildman–Crippen LogP) is 5.07. The first-order chi connectivity index (χ1) is 17.8. The van der Waals surface area contributed by atoms with Gasteiger partial charge in [-0.05, 0) is 59.9 Å². The zero-order chi connectivity index (χ0) is 26.0. The van der Waals surface area contributed by atoms with Crippen LogP contribution in [0.4, 0.5) is 23.2 Å². The molecule has 1 amide bonds. The normalized spacial score (nSPS) is 19.7. The number of piperazine rings is 1. The van der Waals surface area contributed by atoms with E-state index in [1.54, 1.807) is 18.2 Å². The van der Waals surface area contributed by atoms with Crippen molar-refractivity contribution in [2.45, 2.75) is 31.6 Å². The molecule has 3 aromatic rings. The molecule has 0 aromatic heterocycles. The first kappa shape index (κ1) is 25.3. The summed E-state index contributed by atoms with van der Waals surface area (Å²) in [6.07, 6.45) is -3.31. The summed E-state index contributed by atoms with van der Waals surface area (Å²) in [5, 5.41) is 2.94. The van der Waals surface area contributed by atoms with Crippen LogP contribution in [0.5, 0.6) is 0 Å². The molecule has 0 bridgehead atoms. The van der Waals surface area contributed by atoms with Gasteiger partial charge in [0.1, 0.15) is 5.82 Å². The van der Waals surface area contributed by atoms with Crippen molar-refractivity contribution < 1.29 is 22.4 Å². The molecule has 0 radical (unpaired) electrons. The van der Waals surface area contributed by atoms with Gasteiger partial charge < -0.3 is 10.2 Å². The van der Waals surface area contributed by atoms with Crippen LogP contribution in [0.25, 0.3) is 0 Å². The smallest absolute Gasteiger partial charge is 0.365 e. The van der Waals surface area contributed by atoms with Crippen LogP contribution in [0.3, 0.4) is 0 Å². The number of benzene rings is 3. The van der Waals surface area contributed by atoms with Crippen LogP contribution in [-0.2, 0) is 30.4 Å². The number of alkyl halides is 3. The summed E-state index contributed by atoms with van der Waals surface area (Å²) in [5.74, 6) is -1.06. The van der Waals surface area contributed by atoms with Gasteiger partial charge in [0.15, 0.2) is 0 Å². The van der Waals surface area contributed by atoms with E-state index in [2.05, 4.69) is 27.2 Å². The second-order valence-electron chi connectivity index (χ2n) is 9.79. The molecule has 2 heterocycles. The van der Waals surface area contributed by atoms with Crippen LogP contribution in [0.1, 0.15) is 22.3 Å². The maximum absolute atomic E-state index is 13.4. The number of hydrogen-bond acceptors (Lipinski definition) is 3. The number of amides is 1. The number of fused-ring (bicyclic) bond motifs is 3. The summed E-state index contributed by atoms with van der Waals surface area (Å²) in [6.45, 7) is 3.14. The van der Waals surface area contributed by atoms with Crippen LogP contribution in [0.15, 0.2) is 72.8 Å². The monoisotopic (exact) mass is 511 g/mol. The van der Waals surface area contributed by atoms with Crippen LogP contribution in [0, 0.1) is 11.7 Å². The molecule has 8 heteroatoms. The third-order valence-corrected chi connectivity index (χ3v) is 7.40. The van der Waals surface area contributed by atoms with Gasteiger partial charge in [0.25, 0.3) is 0 Å². The topological polar surface area (TPSA) is 35.6 Å². The zero-order valence-corrected chi connectivity index (χ0v) is 20.3. The minimum atomic E-state index is -4.44. The molecule has 37 heavy (non-hydrogen) atoms. The lowest BCUT2D eigenvalue weighted by Gasteiger charge is -2.49. The minimum absolute atomic E-state index is 0.151. The molecule has 0 spiro atoms. The second kappa shape index (κ2) is 10.5. The standard InChI is InChI=1S/C29H29F4N3O/c30-24-9-6-21(7-10-24)18-34-28(37)25-17-22-16-23(29(31,32)33)8-11-26(22)36-15-14-35(19-27(25)36)13-12-20-4-2-1-3-5-20/h1-11,16,25,27H,12-15,17-19H2,(H,34,37)/t25-,27+/m0/s1. The van der Waals surface area contributed by atoms with Gasteiger partial charge in [-0.25, -0.2) is 4.39 Å². The van der Waals surface area contributed by atoms with E-state index in [1.165, 1.54) is 23.8 Å². The highest BCUT2D eigenvalue weighted by atomic mass is 19.4. The summed E-state index contributed by atoms with van der Waals surface area (Å²) in [6, 6.07) is 19.8. The third kappa shape index (κ3) is 5.80. The number of carbonyl (C=O) groups is 1. The van der Waals surface area contributed by atoms with E-state index in [1.807, 2.05) is 18.2 Å². The fourth-order valence-electron chi connectivity index (χ4n) is 5.42. The molecule has 1 fully saturated rings. The minimum Gasteiger partial charge on any atom is -0.365 e. The zero-order valence-electron chi connectivity index (χ0n) is 20.3. The van der Waals surface area contributed by atoms with Crippen molar-refractivity contribution in [3.05, 3.63) is 101 Å². The number of nitrogens with zero attached hydrogens (tertiary/aromatic N) is 2. The summed E-state index contributed by atoms with van der Waals surface area (Å²) in [7, 11) is 0. The lowest BCUT2D eigenvalue weighted by atomic mass is 9.82. The van der Waals surface area contributed by atoms with E-state index in [4.69, 9.17) is 0 Å². The molecule has 1 saturated heterocycles. The number of rotatable bonds is 6. The number of carbonyl (C=O) groups excluding carboxylic acids is 1. The number of nitrogens with one attached hydrogen (secondary N) is 1. The Kier molecular flexibility index (Phi) is 7.20. The van der Waals surface area contributed by atoms with Gasteiger partial charge in [0, 0.05) is 38.4 Å². The Morgan fingerprint density at radius 1 is 0.946 bits per heavy atom. The predicted molar refractivity (Wildman–Crippen MR) is 135 cm³/mol. The molecule has 2 aliphatic heterocycles. The SMILES string of the molecule is O=C(NCc1ccc(F)cc1)[C@H]1Cc2cc(C(F)(F)F)ccc2N2CCN(CCc3ccccc3)C[C@H]12. The Hall–Kier alpha value is -3.39. The summed E-state index contributed by atoms with van der Waals surface area (Å²) in [5.41, 5.74) is 2.63. The van der Waals surface area contributed by atoms with E-state index in [9.17, 15) is 22.4 Å². The summed E-state index contributed by atoms with van der Waals surface area (Å²) >= 11 is 0. The third-order valence-electron chi connectivity index (χ3n) is 7.40. The molecule has 1 N–H and O–H groups in total. The van der Waals surface area contributed by atoms with E-state index in [0.29, 0.717) is 18.7 Å². The van der Waals surface area contributed by atoms with Crippen LogP contribution < -0.4 is 10.2 Å². The molecule has 0 unspecified atom stereocenters. The Balaban J connectivity index is 1.36. The van der Waals surface area contributed by atoms with Gasteiger partial charge in [-0.1, -0.05) is 42.5 Å². The van der Waals surface area contributed by atoms with Gasteiger partial charge >= 0.3 is 6.18 Å². The Labute approximate surface area is 213 Å². The molecule has 2 aliphatic rings. The van der Waals surface area contributed by atoms with Crippen molar-refractivity contribution in [1.29, 1.82) is 0 Å². The quantitative estimate of drug-likeness (QED) is 0.470. The van der Waals surface area contributed by atoms with Crippen molar-refractivity contribution in [2.24, 2.45) is 5.92 Å². The van der Waals surface area contributed by atoms with Crippen molar-refractivity contribution in [3.8, 4) is 0 Å². The highest BCUT2D eigenvalue weighted by Crippen LogP contribution is 2.39. The molecule has 0 aliphatic carbocycles. The van der Waals surface area contributed by atoms with E-state index in [-0.39, 0.29) is 30.7 Å². The molecule has 3 aromatic carbocycles. The van der Waals surface area contributed by atoms with Gasteiger partial charge in [0.05, 0.1) is 17.5 Å². The van der Waals surface area contributed by atoms with Gasteiger partial charge in [-0.3, -0.25) is 9.69 Å². The fourth-order valence-corrected chi connectivity index (χ4v) is 5.42. The Bertz CT molecular complexity index is 1230. The van der Waals surface area contributed by atoms with Gasteiger partial charge in [-0.15, -0.1) is 0 Å². The summed E-state index contributed by atoms with van der Waals surface area (Å²) < 4.78 is 53.5. The number of anilines is 1. The molecule has 0 saturated carbocycles. The first-order valence-corrected chi connectivity index (χ1v) is 12.5. The average Bonchev–Trinajstić information content (AvgIpc) is 2.90. The lowest BCUT2D eigenvalue weighted by molar-refractivity contribution is -0.137. The van der Waals surface area contributed by atoms with Crippen molar-refractivity contribution in [1.82, 2.24) is 10.2 Å². The van der Waals surface area contributed by atoms with Crippen LogP contribution in [0.2, 0.25) is 0 Å². The molecule has 2 atom stereocenters. The van der Waals surface area contributed by atoms with E-state index in [0.717, 1.165) is 36.8 Å². The van der Waals surface area contributed by atoms with Crippen molar-refractivity contribution >= 4 is 11.6 Å². The van der Waals surface area contributed by atoms with Crippen LogP contribution >= 0.6 is 0 Å². The maximum Gasteiger partial charge on any atom is 0.416 e. The van der Waals surface area contributed by atoms with Crippen LogP contribution in [-0.4, -0.2) is 43.0 Å². The number of hydrogen-bond donors (Lipinski definition) is 1. The van der Waals surface area contributed by atoms with E-state index >= 15 is 0 Å². The largest absolute Gasteiger partial charge is 0.416 e. The fraction of sp³-hybridized carbons (Fsp3) is 0.345. The molecular weight excluding hydrogens is 482 g/mol. The highest BCUT2D eigenvalue weighted by molar-refractivity contribution is 5.82. The van der Waals surface area contributed by atoms with Gasteiger partial charge in [0.2, 0.25) is 5.91 Å². The molecule has 5 rings (SSSR count). The molecule has 194 valence electrons. The number of halogens is 4. The highest BCUT2D eigenvalue weighted by Gasteiger charge is 2.42. The lowest BCUT2D eigenvalue weighted by Crippen LogP contribution is -2.61. The van der Waals surface area contributed by atoms with Crippen molar-refractivity contribution in [3.63, 3.8) is 0 Å². The average molecular weight is 512 g/mol.